The van der Waals surface area contributed by atoms with Gasteiger partial charge in [0, 0.05) is 16.1 Å². The Labute approximate surface area is 151 Å². The molecule has 0 atom stereocenters. The number of Topliss-reactive ketones (excluding diaryl/α,β-unsaturated/α-hetero) is 1. The zero-order chi connectivity index (χ0) is 18.4. The number of rotatable bonds is 7. The van der Waals surface area contributed by atoms with E-state index in [1.54, 1.807) is 31.2 Å². The average molecular weight is 408 g/mol. The molecule has 0 spiro atoms. The quantitative estimate of drug-likeness (QED) is 0.299. The van der Waals surface area contributed by atoms with Crippen molar-refractivity contribution in [2.75, 3.05) is 13.2 Å². The smallest absolute Gasteiger partial charge is 0.338 e. The van der Waals surface area contributed by atoms with Crippen molar-refractivity contribution in [3.05, 3.63) is 68.2 Å². The van der Waals surface area contributed by atoms with Crippen LogP contribution in [0.3, 0.4) is 0 Å². The van der Waals surface area contributed by atoms with Gasteiger partial charge in [0.25, 0.3) is 0 Å². The molecule has 130 valence electrons. The number of nitrogens with zero attached hydrogens (tertiary/aromatic N) is 1. The minimum absolute atomic E-state index is 0.0304. The van der Waals surface area contributed by atoms with Crippen LogP contribution >= 0.6 is 15.9 Å². The maximum atomic E-state index is 12.0. The number of hydrogen-bond donors (Lipinski definition) is 0. The Balaban J connectivity index is 2.09. The molecule has 25 heavy (non-hydrogen) atoms. The number of ketones is 1. The van der Waals surface area contributed by atoms with Gasteiger partial charge in [0.2, 0.25) is 0 Å². The van der Waals surface area contributed by atoms with Crippen LogP contribution in [0.2, 0.25) is 0 Å². The number of benzene rings is 2. The van der Waals surface area contributed by atoms with Crippen molar-refractivity contribution in [1.29, 1.82) is 0 Å². The number of nitro groups is 1. The van der Waals surface area contributed by atoms with Crippen LogP contribution in [0.25, 0.3) is 0 Å². The molecule has 0 saturated carbocycles. The molecule has 0 N–H and O–H groups in total. The molecular formula is C17H14BrNO6. The molecule has 0 aliphatic carbocycles. The number of nitro benzene ring substituents is 1. The second-order valence-electron chi connectivity index (χ2n) is 4.88. The molecule has 0 bridgehead atoms. The molecule has 0 saturated heterocycles. The molecule has 0 aliphatic heterocycles. The van der Waals surface area contributed by atoms with Crippen molar-refractivity contribution in [3.63, 3.8) is 0 Å². The van der Waals surface area contributed by atoms with E-state index in [1.165, 1.54) is 12.1 Å². The van der Waals surface area contributed by atoms with E-state index in [0.717, 1.165) is 10.5 Å². The van der Waals surface area contributed by atoms with Gasteiger partial charge in [0.15, 0.2) is 18.1 Å². The van der Waals surface area contributed by atoms with E-state index in [1.807, 2.05) is 0 Å². The van der Waals surface area contributed by atoms with Gasteiger partial charge in [0.05, 0.1) is 17.1 Å². The summed E-state index contributed by atoms with van der Waals surface area (Å²) < 4.78 is 10.8. The summed E-state index contributed by atoms with van der Waals surface area (Å²) in [7, 11) is 0. The van der Waals surface area contributed by atoms with Crippen LogP contribution in [0.1, 0.15) is 27.6 Å². The van der Waals surface area contributed by atoms with Crippen molar-refractivity contribution in [1.82, 2.24) is 0 Å². The molecule has 0 aliphatic rings. The molecule has 2 rings (SSSR count). The number of carbonyl (C=O) groups excluding carboxylic acids is 2. The van der Waals surface area contributed by atoms with Crippen LogP contribution in [0.15, 0.2) is 46.9 Å². The van der Waals surface area contributed by atoms with Crippen molar-refractivity contribution < 1.29 is 24.0 Å². The summed E-state index contributed by atoms with van der Waals surface area (Å²) in [6, 6.07) is 10.4. The first-order valence-corrected chi connectivity index (χ1v) is 8.08. The number of halogens is 1. The number of hydrogen-bond acceptors (Lipinski definition) is 6. The SMILES string of the molecule is CCOc1ccc(C(=O)OCC(=O)c2cccc(Br)c2)cc1[N+](=O)[O-]. The Morgan fingerprint density at radius 1 is 1.16 bits per heavy atom. The third-order valence-corrected chi connectivity index (χ3v) is 3.67. The lowest BCUT2D eigenvalue weighted by Gasteiger charge is -2.07. The number of carbonyl (C=O) groups is 2. The van der Waals surface area contributed by atoms with Crippen molar-refractivity contribution >= 4 is 33.4 Å². The average Bonchev–Trinajstić information content (AvgIpc) is 2.59. The highest BCUT2D eigenvalue weighted by Gasteiger charge is 2.20. The first-order valence-electron chi connectivity index (χ1n) is 7.29. The van der Waals surface area contributed by atoms with Gasteiger partial charge < -0.3 is 9.47 Å². The van der Waals surface area contributed by atoms with E-state index in [4.69, 9.17) is 9.47 Å². The first-order chi connectivity index (χ1) is 11.9. The maximum Gasteiger partial charge on any atom is 0.338 e. The standard InChI is InChI=1S/C17H14BrNO6/c1-2-24-16-7-6-12(9-14(16)19(22)23)17(21)25-10-15(20)11-4-3-5-13(18)8-11/h3-9H,2,10H2,1H3. The first kappa shape index (κ1) is 18.6. The molecule has 2 aromatic rings. The van der Waals surface area contributed by atoms with E-state index < -0.39 is 17.5 Å². The summed E-state index contributed by atoms with van der Waals surface area (Å²) in [5.74, 6) is -1.14. The fraction of sp³-hybridized carbons (Fsp3) is 0.176. The molecule has 0 aromatic heterocycles. The lowest BCUT2D eigenvalue weighted by Crippen LogP contribution is -2.14. The Hall–Kier alpha value is -2.74. The van der Waals surface area contributed by atoms with E-state index in [2.05, 4.69) is 15.9 Å². The minimum atomic E-state index is -0.825. The van der Waals surface area contributed by atoms with Gasteiger partial charge in [-0.15, -0.1) is 0 Å². The third-order valence-electron chi connectivity index (χ3n) is 3.17. The summed E-state index contributed by atoms with van der Waals surface area (Å²) >= 11 is 3.25. The summed E-state index contributed by atoms with van der Waals surface area (Å²) in [6.45, 7) is 1.49. The van der Waals surface area contributed by atoms with Gasteiger partial charge in [-0.25, -0.2) is 4.79 Å². The van der Waals surface area contributed by atoms with E-state index in [0.29, 0.717) is 5.56 Å². The van der Waals surface area contributed by atoms with Crippen molar-refractivity contribution in [2.45, 2.75) is 6.92 Å². The summed E-state index contributed by atoms with van der Waals surface area (Å²) in [6.07, 6.45) is 0. The fourth-order valence-corrected chi connectivity index (χ4v) is 2.42. The summed E-state index contributed by atoms with van der Waals surface area (Å²) in [5, 5.41) is 11.1. The summed E-state index contributed by atoms with van der Waals surface area (Å²) in [5.41, 5.74) is 0.0201. The minimum Gasteiger partial charge on any atom is -0.487 e. The highest BCUT2D eigenvalue weighted by molar-refractivity contribution is 9.10. The zero-order valence-electron chi connectivity index (χ0n) is 13.2. The van der Waals surface area contributed by atoms with Crippen LogP contribution in [0.4, 0.5) is 5.69 Å². The van der Waals surface area contributed by atoms with Crippen LogP contribution in [0, 0.1) is 10.1 Å². The highest BCUT2D eigenvalue weighted by atomic mass is 79.9. The predicted octanol–water partition coefficient (Wildman–Crippen LogP) is 3.80. The van der Waals surface area contributed by atoms with E-state index in [9.17, 15) is 19.7 Å². The van der Waals surface area contributed by atoms with E-state index in [-0.39, 0.29) is 29.4 Å². The molecule has 0 fully saturated rings. The van der Waals surface area contributed by atoms with Crippen molar-refractivity contribution in [2.24, 2.45) is 0 Å². The van der Waals surface area contributed by atoms with Gasteiger partial charge in [-0.2, -0.15) is 0 Å². The summed E-state index contributed by atoms with van der Waals surface area (Å²) in [4.78, 5) is 34.5. The molecule has 0 heterocycles. The second kappa shape index (κ2) is 8.39. The van der Waals surface area contributed by atoms with Gasteiger partial charge >= 0.3 is 11.7 Å². The van der Waals surface area contributed by atoms with Crippen LogP contribution in [0.5, 0.6) is 5.75 Å². The Morgan fingerprint density at radius 2 is 1.92 bits per heavy atom. The number of ether oxygens (including phenoxy) is 2. The largest absolute Gasteiger partial charge is 0.487 e. The highest BCUT2D eigenvalue weighted by Crippen LogP contribution is 2.28. The Bertz CT molecular complexity index is 821. The monoisotopic (exact) mass is 407 g/mol. The van der Waals surface area contributed by atoms with Gasteiger partial charge in [-0.05, 0) is 31.2 Å². The molecule has 8 heteroatoms. The van der Waals surface area contributed by atoms with Crippen molar-refractivity contribution in [3.8, 4) is 5.75 Å². The normalized spacial score (nSPS) is 10.2. The van der Waals surface area contributed by atoms with Gasteiger partial charge in [-0.3, -0.25) is 14.9 Å². The lowest BCUT2D eigenvalue weighted by molar-refractivity contribution is -0.385. The molecule has 0 amide bonds. The molecule has 0 unspecified atom stereocenters. The van der Waals surface area contributed by atoms with Crippen LogP contribution in [-0.4, -0.2) is 29.9 Å². The fourth-order valence-electron chi connectivity index (χ4n) is 2.02. The Morgan fingerprint density at radius 3 is 2.56 bits per heavy atom. The van der Waals surface area contributed by atoms with Crippen LogP contribution < -0.4 is 4.74 Å². The predicted molar refractivity (Wildman–Crippen MR) is 93.0 cm³/mol. The number of esters is 1. The topological polar surface area (TPSA) is 95.7 Å². The van der Waals surface area contributed by atoms with Crippen LogP contribution in [-0.2, 0) is 4.74 Å². The maximum absolute atomic E-state index is 12.0. The van der Waals surface area contributed by atoms with Gasteiger partial charge in [0.1, 0.15) is 0 Å². The molecule has 0 radical (unpaired) electrons. The second-order valence-corrected chi connectivity index (χ2v) is 5.80. The van der Waals surface area contributed by atoms with E-state index >= 15 is 0 Å². The third kappa shape index (κ3) is 4.87. The zero-order valence-corrected chi connectivity index (χ0v) is 14.8. The Kier molecular flexibility index (Phi) is 6.24. The molecule has 2 aromatic carbocycles. The molecule has 7 nitrogen and oxygen atoms in total. The molecular weight excluding hydrogens is 394 g/mol. The van der Waals surface area contributed by atoms with Gasteiger partial charge in [-0.1, -0.05) is 28.1 Å². The lowest BCUT2D eigenvalue weighted by atomic mass is 10.1.